The smallest absolute Gasteiger partial charge is 0.342 e. The third-order valence-corrected chi connectivity index (χ3v) is 3.75. The van der Waals surface area contributed by atoms with Crippen molar-refractivity contribution in [1.82, 2.24) is 10.6 Å². The molecule has 10 nitrogen and oxygen atoms in total. The molecule has 0 aliphatic heterocycles. The highest BCUT2D eigenvalue weighted by molar-refractivity contribution is 7.89. The number of amides is 3. The molecule has 1 aromatic rings. The van der Waals surface area contributed by atoms with E-state index in [1.165, 1.54) is 13.2 Å². The van der Waals surface area contributed by atoms with Crippen LogP contribution in [0, 0.1) is 0 Å². The molecule has 0 aliphatic carbocycles. The van der Waals surface area contributed by atoms with Gasteiger partial charge in [0, 0.05) is 6.54 Å². The maximum Gasteiger partial charge on any atom is 0.342 e. The SMILES string of the molecule is CCCNC(=O)NC(=O)COC(=O)c1cc(S(N)(=O)=O)ccc1OC. The maximum atomic E-state index is 12.0. The number of carbonyl (C=O) groups excluding carboxylic acids is 3. The molecule has 3 amide bonds. The fourth-order valence-electron chi connectivity index (χ4n) is 1.68. The van der Waals surface area contributed by atoms with E-state index in [0.29, 0.717) is 13.0 Å². The number of nitrogens with two attached hydrogens (primary N) is 1. The monoisotopic (exact) mass is 373 g/mol. The Morgan fingerprint density at radius 1 is 1.24 bits per heavy atom. The Bertz CT molecular complexity index is 762. The van der Waals surface area contributed by atoms with E-state index < -0.39 is 34.5 Å². The van der Waals surface area contributed by atoms with Crippen LogP contribution in [0.4, 0.5) is 4.79 Å². The lowest BCUT2D eigenvalue weighted by molar-refractivity contribution is -0.123. The minimum atomic E-state index is -4.04. The molecule has 0 radical (unpaired) electrons. The largest absolute Gasteiger partial charge is 0.496 e. The molecule has 11 heteroatoms. The van der Waals surface area contributed by atoms with Crippen molar-refractivity contribution in [3.8, 4) is 5.75 Å². The van der Waals surface area contributed by atoms with Crippen molar-refractivity contribution in [3.63, 3.8) is 0 Å². The molecule has 0 bridgehead atoms. The summed E-state index contributed by atoms with van der Waals surface area (Å²) in [4.78, 5) is 34.6. The number of urea groups is 1. The Morgan fingerprint density at radius 2 is 1.92 bits per heavy atom. The molecule has 0 aromatic heterocycles. The van der Waals surface area contributed by atoms with Gasteiger partial charge in [0.05, 0.1) is 12.0 Å². The molecule has 4 N–H and O–H groups in total. The van der Waals surface area contributed by atoms with E-state index in [1.807, 2.05) is 12.2 Å². The number of sulfonamides is 1. The van der Waals surface area contributed by atoms with Crippen LogP contribution in [0.1, 0.15) is 23.7 Å². The fourth-order valence-corrected chi connectivity index (χ4v) is 2.22. The summed E-state index contributed by atoms with van der Waals surface area (Å²) >= 11 is 0. The molecule has 0 saturated heterocycles. The van der Waals surface area contributed by atoms with Crippen LogP contribution in [0.2, 0.25) is 0 Å². The van der Waals surface area contributed by atoms with Crippen LogP contribution in [-0.4, -0.2) is 46.6 Å². The van der Waals surface area contributed by atoms with Crippen molar-refractivity contribution >= 4 is 27.9 Å². The molecule has 0 saturated carbocycles. The summed E-state index contributed by atoms with van der Waals surface area (Å²) in [5.41, 5.74) is -0.225. The standard InChI is InChI=1S/C14H19N3O7S/c1-3-6-16-14(20)17-12(18)8-24-13(19)10-7-9(25(15,21)22)4-5-11(10)23-2/h4-5,7H,3,6,8H2,1-2H3,(H2,15,21,22)(H2,16,17,18,20). The van der Waals surface area contributed by atoms with Gasteiger partial charge in [-0.05, 0) is 24.6 Å². The normalized spacial score (nSPS) is 10.7. The number of benzene rings is 1. The zero-order valence-electron chi connectivity index (χ0n) is 13.7. The maximum absolute atomic E-state index is 12.0. The van der Waals surface area contributed by atoms with E-state index in [0.717, 1.165) is 12.1 Å². The first-order valence-corrected chi connectivity index (χ1v) is 8.69. The predicted octanol–water partition coefficient (Wildman–Crippen LogP) is -0.265. The summed E-state index contributed by atoms with van der Waals surface area (Å²) in [5, 5.41) is 9.39. The molecule has 0 fully saturated rings. The first kappa shape index (κ1) is 20.4. The van der Waals surface area contributed by atoms with Gasteiger partial charge in [-0.15, -0.1) is 0 Å². The summed E-state index contributed by atoms with van der Waals surface area (Å²) in [7, 11) is -2.76. The average Bonchev–Trinajstić information content (AvgIpc) is 2.56. The number of methoxy groups -OCH3 is 1. The summed E-state index contributed by atoms with van der Waals surface area (Å²) in [5.74, 6) is -1.81. The number of nitrogens with one attached hydrogen (secondary N) is 2. The van der Waals surface area contributed by atoms with Gasteiger partial charge in [0.25, 0.3) is 5.91 Å². The van der Waals surface area contributed by atoms with Crippen molar-refractivity contribution in [2.75, 3.05) is 20.3 Å². The van der Waals surface area contributed by atoms with E-state index in [4.69, 9.17) is 14.6 Å². The number of esters is 1. The Labute approximate surface area is 144 Å². The molecule has 0 spiro atoms. The topological polar surface area (TPSA) is 154 Å². The molecule has 0 aliphatic rings. The molecule has 1 aromatic carbocycles. The molecule has 138 valence electrons. The van der Waals surface area contributed by atoms with Crippen LogP contribution in [0.3, 0.4) is 0 Å². The quantitative estimate of drug-likeness (QED) is 0.556. The first-order valence-electron chi connectivity index (χ1n) is 7.14. The van der Waals surface area contributed by atoms with Crippen molar-refractivity contribution < 1.29 is 32.3 Å². The van der Waals surface area contributed by atoms with E-state index in [-0.39, 0.29) is 16.2 Å². The van der Waals surface area contributed by atoms with E-state index in [9.17, 15) is 22.8 Å². The number of primary sulfonamides is 1. The zero-order valence-corrected chi connectivity index (χ0v) is 14.5. The summed E-state index contributed by atoms with van der Waals surface area (Å²) in [6.07, 6.45) is 0.691. The van der Waals surface area contributed by atoms with Crippen LogP contribution in [-0.2, 0) is 19.6 Å². The molecular formula is C14H19N3O7S. The van der Waals surface area contributed by atoms with Gasteiger partial charge >= 0.3 is 12.0 Å². The minimum absolute atomic E-state index is 0.0403. The highest BCUT2D eigenvalue weighted by Gasteiger charge is 2.19. The number of carbonyl (C=O) groups is 3. The lowest BCUT2D eigenvalue weighted by Crippen LogP contribution is -2.41. The Balaban J connectivity index is 2.77. The first-order chi connectivity index (χ1) is 11.7. The van der Waals surface area contributed by atoms with Crippen molar-refractivity contribution in [2.24, 2.45) is 5.14 Å². The van der Waals surface area contributed by atoms with E-state index >= 15 is 0 Å². The number of imide groups is 1. The molecule has 0 atom stereocenters. The summed E-state index contributed by atoms with van der Waals surface area (Å²) in [6.45, 7) is 1.49. The van der Waals surface area contributed by atoms with E-state index in [2.05, 4.69) is 5.32 Å². The average molecular weight is 373 g/mol. The zero-order chi connectivity index (χ0) is 19.0. The Hall–Kier alpha value is -2.66. The highest BCUT2D eigenvalue weighted by atomic mass is 32.2. The molecule has 25 heavy (non-hydrogen) atoms. The lowest BCUT2D eigenvalue weighted by Gasteiger charge is -2.10. The Kier molecular flexibility index (Phi) is 7.33. The van der Waals surface area contributed by atoms with Gasteiger partial charge < -0.3 is 14.8 Å². The van der Waals surface area contributed by atoms with Crippen LogP contribution in [0.15, 0.2) is 23.1 Å². The van der Waals surface area contributed by atoms with Crippen molar-refractivity contribution in [3.05, 3.63) is 23.8 Å². The second kappa shape index (κ2) is 8.99. The number of hydrogen-bond donors (Lipinski definition) is 3. The van der Waals surface area contributed by atoms with Crippen LogP contribution < -0.4 is 20.5 Å². The molecule has 0 unspecified atom stereocenters. The van der Waals surface area contributed by atoms with Gasteiger partial charge in [0.15, 0.2) is 6.61 Å². The second-order valence-electron chi connectivity index (χ2n) is 4.79. The third kappa shape index (κ3) is 6.39. The number of rotatable bonds is 7. The number of ether oxygens (including phenoxy) is 2. The van der Waals surface area contributed by atoms with Gasteiger partial charge in [-0.3, -0.25) is 10.1 Å². The summed E-state index contributed by atoms with van der Waals surface area (Å²) in [6, 6.07) is 2.66. The van der Waals surface area contributed by atoms with Gasteiger partial charge in [-0.25, -0.2) is 23.1 Å². The predicted molar refractivity (Wildman–Crippen MR) is 86.5 cm³/mol. The molecule has 1 rings (SSSR count). The Morgan fingerprint density at radius 3 is 2.48 bits per heavy atom. The van der Waals surface area contributed by atoms with Crippen LogP contribution >= 0.6 is 0 Å². The summed E-state index contributed by atoms with van der Waals surface area (Å²) < 4.78 is 32.4. The van der Waals surface area contributed by atoms with Crippen LogP contribution in [0.5, 0.6) is 5.75 Å². The van der Waals surface area contributed by atoms with Crippen molar-refractivity contribution in [1.29, 1.82) is 0 Å². The van der Waals surface area contributed by atoms with Gasteiger partial charge in [0.2, 0.25) is 10.0 Å². The molecule has 0 heterocycles. The van der Waals surface area contributed by atoms with Gasteiger partial charge in [0.1, 0.15) is 11.3 Å². The van der Waals surface area contributed by atoms with Crippen LogP contribution in [0.25, 0.3) is 0 Å². The second-order valence-corrected chi connectivity index (χ2v) is 6.35. The minimum Gasteiger partial charge on any atom is -0.496 e. The fraction of sp³-hybridized carbons (Fsp3) is 0.357. The van der Waals surface area contributed by atoms with Gasteiger partial charge in [-0.2, -0.15) is 0 Å². The molecular weight excluding hydrogens is 354 g/mol. The lowest BCUT2D eigenvalue weighted by atomic mass is 10.2. The number of hydrogen-bond acceptors (Lipinski definition) is 7. The third-order valence-electron chi connectivity index (χ3n) is 2.84. The van der Waals surface area contributed by atoms with Gasteiger partial charge in [-0.1, -0.05) is 6.92 Å². The van der Waals surface area contributed by atoms with Crippen molar-refractivity contribution in [2.45, 2.75) is 18.2 Å². The van der Waals surface area contributed by atoms with E-state index in [1.54, 1.807) is 0 Å². The highest BCUT2D eigenvalue weighted by Crippen LogP contribution is 2.22.